The molecule has 0 spiro atoms. The molecule has 21 heavy (non-hydrogen) atoms. The van der Waals surface area contributed by atoms with Gasteiger partial charge < -0.3 is 5.32 Å². The van der Waals surface area contributed by atoms with E-state index >= 15 is 0 Å². The Morgan fingerprint density at radius 2 is 1.62 bits per heavy atom. The van der Waals surface area contributed by atoms with Gasteiger partial charge in [0.1, 0.15) is 0 Å². The SMILES string of the molecule is N#CC1(c2ccccc2)CC(Nc2c(Br)cccc2Br)C1. The van der Waals surface area contributed by atoms with Gasteiger partial charge in [-0.15, -0.1) is 0 Å². The maximum absolute atomic E-state index is 9.59. The summed E-state index contributed by atoms with van der Waals surface area (Å²) in [4.78, 5) is 0. The van der Waals surface area contributed by atoms with Crippen molar-refractivity contribution in [1.29, 1.82) is 5.26 Å². The molecule has 2 aromatic rings. The van der Waals surface area contributed by atoms with Crippen LogP contribution >= 0.6 is 31.9 Å². The van der Waals surface area contributed by atoms with Crippen molar-refractivity contribution in [3.8, 4) is 6.07 Å². The quantitative estimate of drug-likeness (QED) is 0.756. The predicted molar refractivity (Wildman–Crippen MR) is 92.2 cm³/mol. The average Bonchev–Trinajstić information content (AvgIpc) is 2.46. The number of nitriles is 1. The molecule has 0 bridgehead atoms. The Bertz CT molecular complexity index is 665. The van der Waals surface area contributed by atoms with Crippen LogP contribution in [0, 0.1) is 11.3 Å². The van der Waals surface area contributed by atoms with Crippen molar-refractivity contribution < 1.29 is 0 Å². The maximum Gasteiger partial charge on any atom is 0.0861 e. The summed E-state index contributed by atoms with van der Waals surface area (Å²) < 4.78 is 2.07. The van der Waals surface area contributed by atoms with E-state index in [4.69, 9.17) is 0 Å². The molecule has 2 aromatic carbocycles. The summed E-state index contributed by atoms with van der Waals surface area (Å²) in [6, 6.07) is 18.9. The number of para-hydroxylation sites is 1. The first-order chi connectivity index (χ1) is 10.1. The van der Waals surface area contributed by atoms with Crippen molar-refractivity contribution in [2.75, 3.05) is 5.32 Å². The number of halogens is 2. The maximum atomic E-state index is 9.59. The number of hydrogen-bond donors (Lipinski definition) is 1. The van der Waals surface area contributed by atoms with Crippen LogP contribution in [0.25, 0.3) is 0 Å². The number of benzene rings is 2. The molecule has 2 nitrogen and oxygen atoms in total. The lowest BCUT2D eigenvalue weighted by atomic mass is 9.62. The molecular formula is C17H14Br2N2. The largest absolute Gasteiger partial charge is 0.380 e. The predicted octanol–water partition coefficient (Wildman–Crippen LogP) is 5.25. The third-order valence-corrected chi connectivity index (χ3v) is 5.36. The minimum Gasteiger partial charge on any atom is -0.380 e. The van der Waals surface area contributed by atoms with Crippen LogP contribution in [-0.2, 0) is 5.41 Å². The summed E-state index contributed by atoms with van der Waals surface area (Å²) in [6.45, 7) is 0. The molecule has 106 valence electrons. The highest BCUT2D eigenvalue weighted by Crippen LogP contribution is 2.45. The van der Waals surface area contributed by atoms with Gasteiger partial charge in [-0.2, -0.15) is 5.26 Å². The molecule has 0 aliphatic heterocycles. The third kappa shape index (κ3) is 2.73. The van der Waals surface area contributed by atoms with E-state index in [2.05, 4.69) is 43.2 Å². The molecule has 1 aliphatic rings. The summed E-state index contributed by atoms with van der Waals surface area (Å²) in [5.41, 5.74) is 1.84. The van der Waals surface area contributed by atoms with Crippen LogP contribution in [0.15, 0.2) is 57.5 Å². The van der Waals surface area contributed by atoms with Crippen molar-refractivity contribution in [2.24, 2.45) is 0 Å². The van der Waals surface area contributed by atoms with E-state index in [1.54, 1.807) is 0 Å². The highest BCUT2D eigenvalue weighted by Gasteiger charge is 2.46. The molecule has 1 N–H and O–H groups in total. The van der Waals surface area contributed by atoms with E-state index < -0.39 is 0 Å². The summed E-state index contributed by atoms with van der Waals surface area (Å²) in [7, 11) is 0. The number of rotatable bonds is 3. The highest BCUT2D eigenvalue weighted by molar-refractivity contribution is 9.11. The number of nitrogens with zero attached hydrogens (tertiary/aromatic N) is 1. The molecule has 0 unspecified atom stereocenters. The van der Waals surface area contributed by atoms with Gasteiger partial charge in [0, 0.05) is 15.0 Å². The molecule has 0 saturated heterocycles. The van der Waals surface area contributed by atoms with Crippen molar-refractivity contribution >= 4 is 37.5 Å². The van der Waals surface area contributed by atoms with Gasteiger partial charge in [0.2, 0.25) is 0 Å². The zero-order chi connectivity index (χ0) is 14.9. The van der Waals surface area contributed by atoms with Crippen LogP contribution in [0.1, 0.15) is 18.4 Å². The van der Waals surface area contributed by atoms with E-state index in [1.165, 1.54) is 0 Å². The highest BCUT2D eigenvalue weighted by atomic mass is 79.9. The van der Waals surface area contributed by atoms with Gasteiger partial charge in [0.15, 0.2) is 0 Å². The molecule has 4 heteroatoms. The molecule has 0 radical (unpaired) electrons. The smallest absolute Gasteiger partial charge is 0.0861 e. The first-order valence-corrected chi connectivity index (χ1v) is 8.40. The summed E-state index contributed by atoms with van der Waals surface area (Å²) >= 11 is 7.12. The fourth-order valence-corrected chi connectivity index (χ4v) is 4.10. The van der Waals surface area contributed by atoms with Crippen molar-refractivity contribution in [3.05, 3.63) is 63.0 Å². The van der Waals surface area contributed by atoms with Crippen LogP contribution in [0.3, 0.4) is 0 Å². The van der Waals surface area contributed by atoms with Gasteiger partial charge in [-0.3, -0.25) is 0 Å². The Labute approximate surface area is 141 Å². The second-order valence-corrected chi connectivity index (χ2v) is 7.11. The number of hydrogen-bond acceptors (Lipinski definition) is 2. The lowest BCUT2D eigenvalue weighted by molar-refractivity contribution is 0.289. The first kappa shape index (κ1) is 14.6. The monoisotopic (exact) mass is 404 g/mol. The Morgan fingerprint density at radius 1 is 1.00 bits per heavy atom. The van der Waals surface area contributed by atoms with Gasteiger partial charge >= 0.3 is 0 Å². The molecule has 0 amide bonds. The molecule has 1 saturated carbocycles. The van der Waals surface area contributed by atoms with Gasteiger partial charge in [-0.25, -0.2) is 0 Å². The molecule has 1 fully saturated rings. The van der Waals surface area contributed by atoms with Gasteiger partial charge in [-0.05, 0) is 62.4 Å². The average molecular weight is 406 g/mol. The van der Waals surface area contributed by atoms with Crippen LogP contribution in [0.2, 0.25) is 0 Å². The van der Waals surface area contributed by atoms with Gasteiger partial charge in [0.25, 0.3) is 0 Å². The van der Waals surface area contributed by atoms with Crippen LogP contribution in [0.5, 0.6) is 0 Å². The molecule has 0 aromatic heterocycles. The Morgan fingerprint density at radius 3 is 2.19 bits per heavy atom. The van der Waals surface area contributed by atoms with Gasteiger partial charge in [-0.1, -0.05) is 36.4 Å². The van der Waals surface area contributed by atoms with E-state index in [0.29, 0.717) is 6.04 Å². The second kappa shape index (κ2) is 5.82. The molecule has 0 heterocycles. The molecular weight excluding hydrogens is 392 g/mol. The Hall–Kier alpha value is -1.31. The third-order valence-electron chi connectivity index (χ3n) is 4.04. The lowest BCUT2D eigenvalue weighted by Gasteiger charge is -2.44. The minimum absolute atomic E-state index is 0.319. The Kier molecular flexibility index (Phi) is 4.05. The molecule has 3 rings (SSSR count). The molecule has 1 aliphatic carbocycles. The van der Waals surface area contributed by atoms with E-state index in [9.17, 15) is 5.26 Å². The summed E-state index contributed by atoms with van der Waals surface area (Å²) in [5.74, 6) is 0. The summed E-state index contributed by atoms with van der Waals surface area (Å²) in [5, 5.41) is 13.1. The second-order valence-electron chi connectivity index (χ2n) is 5.41. The van der Waals surface area contributed by atoms with Crippen molar-refractivity contribution in [1.82, 2.24) is 0 Å². The van der Waals surface area contributed by atoms with Crippen LogP contribution < -0.4 is 5.32 Å². The van der Waals surface area contributed by atoms with E-state index in [-0.39, 0.29) is 5.41 Å². The summed E-state index contributed by atoms with van der Waals surface area (Å²) in [6.07, 6.45) is 1.67. The van der Waals surface area contributed by atoms with Crippen LogP contribution in [-0.4, -0.2) is 6.04 Å². The first-order valence-electron chi connectivity index (χ1n) is 6.82. The Balaban J connectivity index is 1.75. The zero-order valence-corrected chi connectivity index (χ0v) is 14.5. The molecule has 0 atom stereocenters. The zero-order valence-electron chi connectivity index (χ0n) is 11.3. The van der Waals surface area contributed by atoms with E-state index in [1.807, 2.05) is 48.5 Å². The standard InChI is InChI=1S/C17H14Br2N2/c18-14-7-4-8-15(19)16(14)21-13-9-17(10-13,11-20)12-5-2-1-3-6-12/h1-8,13,21H,9-10H2. The van der Waals surface area contributed by atoms with Crippen molar-refractivity contribution in [2.45, 2.75) is 24.3 Å². The normalized spacial score (nSPS) is 24.0. The lowest BCUT2D eigenvalue weighted by Crippen LogP contribution is -2.47. The van der Waals surface area contributed by atoms with Gasteiger partial charge in [0.05, 0.1) is 17.2 Å². The van der Waals surface area contributed by atoms with Crippen molar-refractivity contribution in [3.63, 3.8) is 0 Å². The fourth-order valence-electron chi connectivity index (χ4n) is 2.87. The van der Waals surface area contributed by atoms with E-state index in [0.717, 1.165) is 33.0 Å². The minimum atomic E-state index is -0.341. The topological polar surface area (TPSA) is 35.8 Å². The number of anilines is 1. The number of nitrogens with one attached hydrogen (secondary N) is 1. The van der Waals surface area contributed by atoms with Crippen LogP contribution in [0.4, 0.5) is 5.69 Å². The fraction of sp³-hybridized carbons (Fsp3) is 0.235.